The number of hydrogen-bond donors (Lipinski definition) is 1. The number of sulfonamides is 1. The second-order valence-corrected chi connectivity index (χ2v) is 7.44. The van der Waals surface area contributed by atoms with Crippen LogP contribution in [0, 0.1) is 0 Å². The van der Waals surface area contributed by atoms with Gasteiger partial charge in [0.1, 0.15) is 19.0 Å². The standard InChI is InChI=1S/C15H16F3N2O3S/c16-15(17,18)11-24(22,23)20(7-1-2-13(8-19)9-20)14-5-3-12(10-21)4-6-14/h1-6,9-10H,7-8,11,19H2/q+1. The van der Waals surface area contributed by atoms with Gasteiger partial charge in [-0.3, -0.25) is 4.79 Å². The van der Waals surface area contributed by atoms with E-state index in [-0.39, 0.29) is 18.8 Å². The van der Waals surface area contributed by atoms with Crippen LogP contribution in [-0.2, 0) is 10.0 Å². The van der Waals surface area contributed by atoms with Gasteiger partial charge in [0.2, 0.25) is 0 Å². The number of carbonyl (C=O) groups excluding carboxylic acids is 1. The highest BCUT2D eigenvalue weighted by Crippen LogP contribution is 2.35. The average Bonchev–Trinajstić information content (AvgIpc) is 2.52. The van der Waals surface area contributed by atoms with Crippen molar-refractivity contribution in [2.75, 3.05) is 18.8 Å². The number of aldehydes is 1. The number of alkyl halides is 3. The van der Waals surface area contributed by atoms with E-state index in [9.17, 15) is 26.4 Å². The molecule has 0 radical (unpaired) electrons. The lowest BCUT2D eigenvalue weighted by Gasteiger charge is -2.34. The van der Waals surface area contributed by atoms with Gasteiger partial charge in [-0.05, 0) is 18.2 Å². The Labute approximate surface area is 137 Å². The first-order valence-electron chi connectivity index (χ1n) is 6.95. The molecule has 0 aromatic heterocycles. The number of rotatable bonds is 5. The average molecular weight is 361 g/mol. The Morgan fingerprint density at radius 2 is 1.83 bits per heavy atom. The number of halogens is 3. The lowest BCUT2D eigenvalue weighted by molar-refractivity contribution is -0.106. The largest absolute Gasteiger partial charge is 0.408 e. The van der Waals surface area contributed by atoms with Crippen molar-refractivity contribution in [2.24, 2.45) is 5.73 Å². The molecule has 1 aliphatic rings. The third-order valence-electron chi connectivity index (χ3n) is 3.63. The van der Waals surface area contributed by atoms with Gasteiger partial charge in [0.25, 0.3) is 0 Å². The molecule has 24 heavy (non-hydrogen) atoms. The van der Waals surface area contributed by atoms with E-state index in [4.69, 9.17) is 5.73 Å². The molecule has 0 saturated heterocycles. The number of nitrogens with two attached hydrogens (primary N) is 1. The molecule has 0 saturated carbocycles. The summed E-state index contributed by atoms with van der Waals surface area (Å²) in [5, 5.41) is 0. The van der Waals surface area contributed by atoms with Crippen molar-refractivity contribution in [3.8, 4) is 0 Å². The van der Waals surface area contributed by atoms with E-state index in [0.29, 0.717) is 17.4 Å². The predicted molar refractivity (Wildman–Crippen MR) is 84.6 cm³/mol. The molecule has 1 aromatic carbocycles. The minimum Gasteiger partial charge on any atom is -0.326 e. The van der Waals surface area contributed by atoms with Gasteiger partial charge in [0, 0.05) is 29.8 Å². The van der Waals surface area contributed by atoms with Crippen molar-refractivity contribution in [3.63, 3.8) is 0 Å². The summed E-state index contributed by atoms with van der Waals surface area (Å²) >= 11 is 0. The summed E-state index contributed by atoms with van der Waals surface area (Å²) in [6.07, 6.45) is -0.0273. The van der Waals surface area contributed by atoms with Gasteiger partial charge >= 0.3 is 16.2 Å². The molecular formula is C15H16F3N2O3S+. The van der Waals surface area contributed by atoms with E-state index < -0.39 is 25.8 Å². The van der Waals surface area contributed by atoms with Crippen LogP contribution in [0.5, 0.6) is 0 Å². The van der Waals surface area contributed by atoms with Gasteiger partial charge in [0.15, 0.2) is 11.4 Å². The van der Waals surface area contributed by atoms with Crippen LogP contribution in [0.25, 0.3) is 0 Å². The number of quaternary nitrogens is 1. The monoisotopic (exact) mass is 361 g/mol. The second-order valence-electron chi connectivity index (χ2n) is 5.34. The highest BCUT2D eigenvalue weighted by Gasteiger charge is 2.50. The van der Waals surface area contributed by atoms with Crippen molar-refractivity contribution in [3.05, 3.63) is 53.8 Å². The van der Waals surface area contributed by atoms with E-state index in [0.717, 1.165) is 0 Å². The molecule has 9 heteroatoms. The van der Waals surface area contributed by atoms with Gasteiger partial charge in [-0.15, -0.1) is 0 Å². The van der Waals surface area contributed by atoms with Crippen LogP contribution in [0.15, 0.2) is 48.2 Å². The fourth-order valence-corrected chi connectivity index (χ4v) is 4.20. The summed E-state index contributed by atoms with van der Waals surface area (Å²) < 4.78 is 62.6. The Bertz CT molecular complexity index is 783. The third kappa shape index (κ3) is 3.58. The van der Waals surface area contributed by atoms with Crippen LogP contribution in [0.4, 0.5) is 18.9 Å². The molecule has 0 bridgehead atoms. The van der Waals surface area contributed by atoms with Crippen molar-refractivity contribution < 1.29 is 26.4 Å². The van der Waals surface area contributed by atoms with Gasteiger partial charge in [0.05, 0.1) is 0 Å². The molecule has 1 aliphatic heterocycles. The van der Waals surface area contributed by atoms with Crippen LogP contribution in [0.1, 0.15) is 10.4 Å². The second kappa shape index (κ2) is 6.50. The Balaban J connectivity index is 2.64. The molecule has 1 unspecified atom stereocenters. The Morgan fingerprint density at radius 3 is 2.33 bits per heavy atom. The molecule has 0 spiro atoms. The van der Waals surface area contributed by atoms with E-state index in [1.165, 1.54) is 36.5 Å². The van der Waals surface area contributed by atoms with Crippen LogP contribution in [0.2, 0.25) is 0 Å². The van der Waals surface area contributed by atoms with Crippen molar-refractivity contribution in [1.82, 2.24) is 3.89 Å². The Hall–Kier alpha value is -1.97. The number of nitrogens with zero attached hydrogens (tertiary/aromatic N) is 1. The quantitative estimate of drug-likeness (QED) is 0.644. The highest BCUT2D eigenvalue weighted by atomic mass is 32.2. The normalized spacial score (nSPS) is 21.4. The summed E-state index contributed by atoms with van der Waals surface area (Å²) in [6.45, 7) is -0.202. The Morgan fingerprint density at radius 1 is 1.21 bits per heavy atom. The fourth-order valence-electron chi connectivity index (χ4n) is 2.51. The fraction of sp³-hybridized carbons (Fsp3) is 0.267. The molecular weight excluding hydrogens is 345 g/mol. The molecule has 0 amide bonds. The van der Waals surface area contributed by atoms with E-state index in [1.54, 1.807) is 6.08 Å². The maximum absolute atomic E-state index is 12.8. The van der Waals surface area contributed by atoms with Crippen LogP contribution < -0.4 is 9.62 Å². The van der Waals surface area contributed by atoms with Gasteiger partial charge in [-0.2, -0.15) is 25.5 Å². The molecule has 2 rings (SSSR count). The lowest BCUT2D eigenvalue weighted by Crippen LogP contribution is -2.54. The minimum absolute atomic E-state index is 0.00947. The lowest BCUT2D eigenvalue weighted by atomic mass is 10.1. The molecule has 1 heterocycles. The molecule has 0 aliphatic carbocycles. The van der Waals surface area contributed by atoms with Crippen LogP contribution >= 0.6 is 0 Å². The van der Waals surface area contributed by atoms with Crippen molar-refractivity contribution in [1.29, 1.82) is 0 Å². The number of hydrogen-bond acceptors (Lipinski definition) is 4. The number of carbonyl (C=O) groups is 1. The molecule has 130 valence electrons. The van der Waals surface area contributed by atoms with Gasteiger partial charge in [-0.25, -0.2) is 0 Å². The summed E-state index contributed by atoms with van der Waals surface area (Å²) in [5.41, 5.74) is 6.34. The molecule has 2 N–H and O–H groups in total. The third-order valence-corrected chi connectivity index (χ3v) is 5.78. The van der Waals surface area contributed by atoms with Crippen molar-refractivity contribution >= 4 is 22.0 Å². The maximum atomic E-state index is 12.8. The topological polar surface area (TPSA) is 77.2 Å². The SMILES string of the molecule is NCC1=C[N+](c2ccc(C=O)cc2)(S(=O)(=O)CC(F)(F)F)CC=C1. The highest BCUT2D eigenvalue weighted by molar-refractivity contribution is 7.91. The summed E-state index contributed by atoms with van der Waals surface area (Å²) in [7, 11) is -4.68. The zero-order chi connectivity index (χ0) is 18.0. The van der Waals surface area contributed by atoms with Crippen molar-refractivity contribution in [2.45, 2.75) is 6.18 Å². The van der Waals surface area contributed by atoms with Crippen LogP contribution in [0.3, 0.4) is 0 Å². The molecule has 0 fully saturated rings. The zero-order valence-corrected chi connectivity index (χ0v) is 13.3. The van der Waals surface area contributed by atoms with Gasteiger partial charge in [-0.1, -0.05) is 6.08 Å². The van der Waals surface area contributed by atoms with Gasteiger partial charge < -0.3 is 5.73 Å². The Kier molecular flexibility index (Phi) is 4.97. The molecule has 1 aromatic rings. The predicted octanol–water partition coefficient (Wildman–Crippen LogP) is 2.11. The first-order valence-corrected chi connectivity index (χ1v) is 8.56. The summed E-state index contributed by atoms with van der Waals surface area (Å²) in [5.74, 6) is -1.96. The molecule has 5 nitrogen and oxygen atoms in total. The molecule has 1 atom stereocenters. The van der Waals surface area contributed by atoms with E-state index in [2.05, 4.69) is 0 Å². The van der Waals surface area contributed by atoms with E-state index >= 15 is 0 Å². The summed E-state index contributed by atoms with van der Waals surface area (Å²) in [4.78, 5) is 10.7. The van der Waals surface area contributed by atoms with Crippen LogP contribution in [-0.4, -0.2) is 39.7 Å². The first-order chi connectivity index (χ1) is 11.1. The van der Waals surface area contributed by atoms with E-state index in [1.807, 2.05) is 0 Å². The zero-order valence-electron chi connectivity index (χ0n) is 12.5. The first kappa shape index (κ1) is 18.4. The summed E-state index contributed by atoms with van der Waals surface area (Å²) in [6, 6.07) is 5.39. The number of benzene rings is 1. The smallest absolute Gasteiger partial charge is 0.326 e. The maximum Gasteiger partial charge on any atom is 0.408 e. The minimum atomic E-state index is -4.87.